The summed E-state index contributed by atoms with van der Waals surface area (Å²) in [6.07, 6.45) is 0. The Morgan fingerprint density at radius 3 is 2.33 bits per heavy atom. The third-order valence-corrected chi connectivity index (χ3v) is 3.29. The van der Waals surface area contributed by atoms with E-state index >= 15 is 0 Å². The molecule has 0 aliphatic carbocycles. The van der Waals surface area contributed by atoms with E-state index in [1.165, 1.54) is 5.56 Å². The maximum absolute atomic E-state index is 10.1. The molecule has 4 nitrogen and oxygen atoms in total. The van der Waals surface area contributed by atoms with Crippen molar-refractivity contribution in [1.82, 2.24) is 9.88 Å². The molecule has 1 aromatic heterocycles. The predicted molar refractivity (Wildman–Crippen MR) is 82.8 cm³/mol. The quantitative estimate of drug-likeness (QED) is 0.887. The van der Waals surface area contributed by atoms with Crippen LogP contribution >= 0.6 is 0 Å². The monoisotopic (exact) mass is 288 g/mol. The molecule has 0 spiro atoms. The Kier molecular flexibility index (Phi) is 4.80. The third kappa shape index (κ3) is 4.99. The van der Waals surface area contributed by atoms with E-state index in [-0.39, 0.29) is 0 Å². The molecule has 2 rings (SSSR count). The average molecular weight is 288 g/mol. The van der Waals surface area contributed by atoms with E-state index in [2.05, 4.69) is 22.0 Å². The van der Waals surface area contributed by atoms with E-state index in [9.17, 15) is 5.11 Å². The Hall–Kier alpha value is -1.65. The van der Waals surface area contributed by atoms with E-state index in [0.717, 1.165) is 18.0 Å². The smallest absolute Gasteiger partial charge is 0.208 e. The number of nitrogens with zero attached hydrogens (tertiary/aromatic N) is 2. The zero-order chi connectivity index (χ0) is 15.5. The van der Waals surface area contributed by atoms with E-state index < -0.39 is 5.60 Å². The molecule has 1 N–H and O–H groups in total. The molecule has 0 saturated carbocycles. The third-order valence-electron chi connectivity index (χ3n) is 3.29. The zero-order valence-electron chi connectivity index (χ0n) is 13.3. The van der Waals surface area contributed by atoms with Crippen molar-refractivity contribution in [2.75, 3.05) is 6.54 Å². The van der Waals surface area contributed by atoms with Crippen molar-refractivity contribution in [1.29, 1.82) is 0 Å². The largest absolute Gasteiger partial charge is 0.444 e. The van der Waals surface area contributed by atoms with Crippen LogP contribution in [-0.2, 0) is 13.1 Å². The van der Waals surface area contributed by atoms with Gasteiger partial charge in [-0.25, -0.2) is 4.98 Å². The minimum atomic E-state index is -0.758. The standard InChI is InChI=1S/C17H24N2O2/c1-13-14(2)21-16(18-13)11-19(12-17(3,4)20)10-15-8-6-5-7-9-15/h5-9,20H,10-12H2,1-4H3. The Bertz CT molecular complexity index is 551. The fourth-order valence-electron chi connectivity index (χ4n) is 2.35. The summed E-state index contributed by atoms with van der Waals surface area (Å²) in [5.41, 5.74) is 1.38. The van der Waals surface area contributed by atoms with Gasteiger partial charge < -0.3 is 9.52 Å². The highest BCUT2D eigenvalue weighted by Crippen LogP contribution is 2.15. The number of rotatable bonds is 6. The van der Waals surface area contributed by atoms with E-state index in [1.54, 1.807) is 0 Å². The van der Waals surface area contributed by atoms with Crippen LogP contribution in [-0.4, -0.2) is 27.1 Å². The topological polar surface area (TPSA) is 49.5 Å². The van der Waals surface area contributed by atoms with Gasteiger partial charge in [0.05, 0.1) is 17.8 Å². The maximum atomic E-state index is 10.1. The molecular weight excluding hydrogens is 264 g/mol. The van der Waals surface area contributed by atoms with Crippen molar-refractivity contribution >= 4 is 0 Å². The summed E-state index contributed by atoms with van der Waals surface area (Å²) in [6, 6.07) is 10.2. The lowest BCUT2D eigenvalue weighted by atomic mass is 10.1. The van der Waals surface area contributed by atoms with Crippen LogP contribution in [0.15, 0.2) is 34.7 Å². The fourth-order valence-corrected chi connectivity index (χ4v) is 2.35. The van der Waals surface area contributed by atoms with Gasteiger partial charge in [0.2, 0.25) is 5.89 Å². The predicted octanol–water partition coefficient (Wildman–Crippen LogP) is 3.06. The highest BCUT2D eigenvalue weighted by atomic mass is 16.4. The van der Waals surface area contributed by atoms with Crippen LogP contribution in [0.4, 0.5) is 0 Å². The van der Waals surface area contributed by atoms with Crippen LogP contribution in [0.1, 0.15) is 36.8 Å². The molecule has 0 atom stereocenters. The van der Waals surface area contributed by atoms with Gasteiger partial charge in [0.25, 0.3) is 0 Å². The molecule has 0 bridgehead atoms. The summed E-state index contributed by atoms with van der Waals surface area (Å²) >= 11 is 0. The minimum Gasteiger partial charge on any atom is -0.444 e. The number of aromatic nitrogens is 1. The maximum Gasteiger partial charge on any atom is 0.208 e. The van der Waals surface area contributed by atoms with Crippen molar-refractivity contribution in [2.24, 2.45) is 0 Å². The summed E-state index contributed by atoms with van der Waals surface area (Å²) < 4.78 is 5.66. The zero-order valence-corrected chi connectivity index (χ0v) is 13.3. The molecule has 0 aliphatic rings. The van der Waals surface area contributed by atoms with Crippen molar-refractivity contribution in [2.45, 2.75) is 46.4 Å². The van der Waals surface area contributed by atoms with Gasteiger partial charge in [-0.15, -0.1) is 0 Å². The van der Waals surface area contributed by atoms with Crippen molar-refractivity contribution in [3.05, 3.63) is 53.2 Å². The highest BCUT2D eigenvalue weighted by molar-refractivity contribution is 5.14. The first-order chi connectivity index (χ1) is 9.83. The number of hydrogen-bond acceptors (Lipinski definition) is 4. The lowest BCUT2D eigenvalue weighted by Crippen LogP contribution is -2.38. The van der Waals surface area contributed by atoms with Crippen LogP contribution in [0.25, 0.3) is 0 Å². The molecule has 0 amide bonds. The first-order valence-corrected chi connectivity index (χ1v) is 7.25. The van der Waals surface area contributed by atoms with Crippen LogP contribution < -0.4 is 0 Å². The van der Waals surface area contributed by atoms with Gasteiger partial charge in [-0.3, -0.25) is 4.90 Å². The summed E-state index contributed by atoms with van der Waals surface area (Å²) in [4.78, 5) is 6.58. The molecular formula is C17H24N2O2. The van der Waals surface area contributed by atoms with Crippen molar-refractivity contribution < 1.29 is 9.52 Å². The molecule has 1 aromatic carbocycles. The van der Waals surface area contributed by atoms with E-state index in [1.807, 2.05) is 45.9 Å². The van der Waals surface area contributed by atoms with Gasteiger partial charge >= 0.3 is 0 Å². The van der Waals surface area contributed by atoms with Gasteiger partial charge in [0.15, 0.2) is 0 Å². The Morgan fingerprint density at radius 1 is 1.14 bits per heavy atom. The number of aryl methyl sites for hydroxylation is 2. The van der Waals surface area contributed by atoms with Crippen LogP contribution in [0.5, 0.6) is 0 Å². The van der Waals surface area contributed by atoms with Gasteiger partial charge in [0, 0.05) is 13.1 Å². The fraction of sp³-hybridized carbons (Fsp3) is 0.471. The second-order valence-electron chi connectivity index (χ2n) is 6.19. The van der Waals surface area contributed by atoms with Gasteiger partial charge in [-0.1, -0.05) is 30.3 Å². The SMILES string of the molecule is Cc1nc(CN(Cc2ccccc2)CC(C)(C)O)oc1C. The van der Waals surface area contributed by atoms with Crippen LogP contribution in [0, 0.1) is 13.8 Å². The summed E-state index contributed by atoms with van der Waals surface area (Å²) in [5.74, 6) is 1.55. The van der Waals surface area contributed by atoms with E-state index in [4.69, 9.17) is 4.42 Å². The van der Waals surface area contributed by atoms with Gasteiger partial charge in [0.1, 0.15) is 5.76 Å². The molecule has 1 heterocycles. The van der Waals surface area contributed by atoms with Crippen molar-refractivity contribution in [3.8, 4) is 0 Å². The molecule has 21 heavy (non-hydrogen) atoms. The number of oxazole rings is 1. The summed E-state index contributed by atoms with van der Waals surface area (Å²) in [6.45, 7) is 9.40. The second-order valence-corrected chi connectivity index (χ2v) is 6.19. The molecule has 0 aliphatic heterocycles. The number of benzene rings is 1. The lowest BCUT2D eigenvalue weighted by molar-refractivity contribution is 0.0279. The number of aliphatic hydroxyl groups is 1. The highest BCUT2D eigenvalue weighted by Gasteiger charge is 2.20. The van der Waals surface area contributed by atoms with E-state index in [0.29, 0.717) is 19.0 Å². The first-order valence-electron chi connectivity index (χ1n) is 7.25. The summed E-state index contributed by atoms with van der Waals surface area (Å²) in [5, 5.41) is 10.1. The first kappa shape index (κ1) is 15.7. The molecule has 0 fully saturated rings. The molecule has 4 heteroatoms. The average Bonchev–Trinajstić information content (AvgIpc) is 2.67. The molecule has 0 saturated heterocycles. The van der Waals surface area contributed by atoms with Crippen LogP contribution in [0.2, 0.25) is 0 Å². The van der Waals surface area contributed by atoms with Crippen molar-refractivity contribution in [3.63, 3.8) is 0 Å². The Labute approximate surface area is 126 Å². The Balaban J connectivity index is 2.12. The van der Waals surface area contributed by atoms with Gasteiger partial charge in [-0.2, -0.15) is 0 Å². The normalized spacial score (nSPS) is 12.1. The molecule has 0 radical (unpaired) electrons. The molecule has 114 valence electrons. The molecule has 2 aromatic rings. The number of hydrogen-bond donors (Lipinski definition) is 1. The van der Waals surface area contributed by atoms with Gasteiger partial charge in [-0.05, 0) is 33.3 Å². The van der Waals surface area contributed by atoms with Crippen LogP contribution in [0.3, 0.4) is 0 Å². The lowest BCUT2D eigenvalue weighted by Gasteiger charge is -2.28. The molecule has 0 unspecified atom stereocenters. The minimum absolute atomic E-state index is 0.558. The Morgan fingerprint density at radius 2 is 1.81 bits per heavy atom. The second kappa shape index (κ2) is 6.41. The summed E-state index contributed by atoms with van der Waals surface area (Å²) in [7, 11) is 0.